The number of anilines is 1. The molecule has 1 aliphatic heterocycles. The van der Waals surface area contributed by atoms with Crippen molar-refractivity contribution in [2.45, 2.75) is 52.3 Å². The number of amides is 7. The monoisotopic (exact) mass is 558 g/mol. The molecule has 0 unspecified atom stereocenters. The summed E-state index contributed by atoms with van der Waals surface area (Å²) in [6.07, 6.45) is 2.52. The molecule has 0 fully saturated rings. The van der Waals surface area contributed by atoms with E-state index in [2.05, 4.69) is 21.3 Å². The number of hydrogen-bond donors (Lipinski definition) is 5. The molecule has 7 amide bonds. The van der Waals surface area contributed by atoms with Crippen molar-refractivity contribution >= 4 is 47.2 Å². The Kier molecular flexibility index (Phi) is 11.8. The van der Waals surface area contributed by atoms with Crippen molar-refractivity contribution in [2.24, 2.45) is 11.7 Å². The summed E-state index contributed by atoms with van der Waals surface area (Å²) < 4.78 is 4.94. The SMILES string of the molecule is CC(=O)OCc1ccc(NC(=O)[C@@H](CCCNC(N)=O)NC(=O)[C@H](NC(=O)CN2C(=O)C=CC2=O)C(C)C)cc1. The lowest BCUT2D eigenvalue weighted by molar-refractivity contribution is -0.142. The molecule has 0 radical (unpaired) electrons. The fourth-order valence-corrected chi connectivity index (χ4v) is 3.63. The molecule has 0 saturated carbocycles. The van der Waals surface area contributed by atoms with Gasteiger partial charge in [0, 0.05) is 31.3 Å². The highest BCUT2D eigenvalue weighted by molar-refractivity contribution is 6.14. The molecule has 14 heteroatoms. The van der Waals surface area contributed by atoms with E-state index < -0.39 is 66.1 Å². The van der Waals surface area contributed by atoms with E-state index in [0.717, 1.165) is 17.1 Å². The summed E-state index contributed by atoms with van der Waals surface area (Å²) in [4.78, 5) is 85.0. The minimum atomic E-state index is -1.08. The van der Waals surface area contributed by atoms with Gasteiger partial charge in [-0.15, -0.1) is 0 Å². The first-order chi connectivity index (χ1) is 18.9. The third-order valence-electron chi connectivity index (χ3n) is 5.73. The molecule has 1 heterocycles. The summed E-state index contributed by atoms with van der Waals surface area (Å²) in [6.45, 7) is 4.34. The van der Waals surface area contributed by atoms with Gasteiger partial charge in [-0.3, -0.25) is 33.7 Å². The molecular formula is C26H34N6O8. The lowest BCUT2D eigenvalue weighted by Gasteiger charge is -2.26. The molecule has 1 aliphatic rings. The zero-order chi connectivity index (χ0) is 29.8. The van der Waals surface area contributed by atoms with Crippen molar-refractivity contribution in [3.63, 3.8) is 0 Å². The van der Waals surface area contributed by atoms with Crippen molar-refractivity contribution in [3.8, 4) is 0 Å². The first-order valence-corrected chi connectivity index (χ1v) is 12.6. The summed E-state index contributed by atoms with van der Waals surface area (Å²) in [7, 11) is 0. The van der Waals surface area contributed by atoms with Gasteiger partial charge in [0.15, 0.2) is 0 Å². The van der Waals surface area contributed by atoms with Crippen molar-refractivity contribution in [2.75, 3.05) is 18.4 Å². The maximum Gasteiger partial charge on any atom is 0.312 e. The van der Waals surface area contributed by atoms with Gasteiger partial charge in [0.2, 0.25) is 17.7 Å². The van der Waals surface area contributed by atoms with E-state index in [1.165, 1.54) is 6.92 Å². The van der Waals surface area contributed by atoms with E-state index in [9.17, 15) is 33.6 Å². The lowest BCUT2D eigenvalue weighted by atomic mass is 10.0. The van der Waals surface area contributed by atoms with Crippen LogP contribution >= 0.6 is 0 Å². The van der Waals surface area contributed by atoms with Gasteiger partial charge in [0.1, 0.15) is 25.2 Å². The van der Waals surface area contributed by atoms with Gasteiger partial charge < -0.3 is 31.7 Å². The summed E-state index contributed by atoms with van der Waals surface area (Å²) in [5, 5.41) is 10.3. The molecule has 40 heavy (non-hydrogen) atoms. The standard InChI is InChI=1S/C26H34N6O8/c1-15(2)23(31-20(34)13-32-21(35)10-11-22(32)36)25(38)30-19(5-4-12-28-26(27)39)24(37)29-18-8-6-17(7-9-18)14-40-16(3)33/h6-11,15,19,23H,4-5,12-14H2,1-3H3,(H,29,37)(H,30,38)(H,31,34)(H3,27,28,39)/t19-,23-/m1/s1. The van der Waals surface area contributed by atoms with E-state index in [-0.39, 0.29) is 19.6 Å². The highest BCUT2D eigenvalue weighted by atomic mass is 16.5. The zero-order valence-corrected chi connectivity index (χ0v) is 22.5. The van der Waals surface area contributed by atoms with Crippen LogP contribution in [0.25, 0.3) is 0 Å². The van der Waals surface area contributed by atoms with Crippen LogP contribution in [0.5, 0.6) is 0 Å². The number of imide groups is 1. The Labute approximate surface area is 231 Å². The number of primary amides is 1. The first kappa shape index (κ1) is 31.5. The number of benzene rings is 1. The number of nitrogens with zero attached hydrogens (tertiary/aromatic N) is 1. The van der Waals surface area contributed by atoms with Gasteiger partial charge in [0.05, 0.1) is 0 Å². The normalized spacial score (nSPS) is 13.9. The topological polar surface area (TPSA) is 206 Å². The third kappa shape index (κ3) is 10.2. The molecule has 1 aromatic rings. The molecule has 0 spiro atoms. The molecule has 0 saturated heterocycles. The minimum absolute atomic E-state index is 0.0774. The Bertz CT molecular complexity index is 1150. The summed E-state index contributed by atoms with van der Waals surface area (Å²) in [6, 6.07) is 3.69. The zero-order valence-electron chi connectivity index (χ0n) is 22.5. The summed E-state index contributed by atoms with van der Waals surface area (Å²) >= 11 is 0. The highest BCUT2D eigenvalue weighted by Gasteiger charge is 2.31. The van der Waals surface area contributed by atoms with Crippen LogP contribution in [0.3, 0.4) is 0 Å². The Morgan fingerprint density at radius 3 is 2.12 bits per heavy atom. The second kappa shape index (κ2) is 15.0. The van der Waals surface area contributed by atoms with E-state index in [1.54, 1.807) is 38.1 Å². The van der Waals surface area contributed by atoms with E-state index in [0.29, 0.717) is 17.7 Å². The highest BCUT2D eigenvalue weighted by Crippen LogP contribution is 2.13. The Balaban J connectivity index is 2.08. The quantitative estimate of drug-likeness (QED) is 0.116. The van der Waals surface area contributed by atoms with E-state index in [1.807, 2.05) is 0 Å². The average Bonchev–Trinajstić information content (AvgIpc) is 3.20. The second-order valence-corrected chi connectivity index (χ2v) is 9.35. The van der Waals surface area contributed by atoms with Crippen LogP contribution in [0.4, 0.5) is 10.5 Å². The van der Waals surface area contributed by atoms with Gasteiger partial charge in [-0.05, 0) is 36.5 Å². The van der Waals surface area contributed by atoms with Gasteiger partial charge >= 0.3 is 12.0 Å². The molecule has 0 aromatic heterocycles. The van der Waals surface area contributed by atoms with Crippen molar-refractivity contribution in [3.05, 3.63) is 42.0 Å². The number of urea groups is 1. The first-order valence-electron chi connectivity index (χ1n) is 12.6. The lowest BCUT2D eigenvalue weighted by Crippen LogP contribution is -2.56. The molecule has 6 N–H and O–H groups in total. The second-order valence-electron chi connectivity index (χ2n) is 9.35. The minimum Gasteiger partial charge on any atom is -0.461 e. The fourth-order valence-electron chi connectivity index (χ4n) is 3.63. The number of ether oxygens (including phenoxy) is 1. The maximum absolute atomic E-state index is 13.2. The van der Waals surface area contributed by atoms with Crippen LogP contribution < -0.4 is 27.0 Å². The number of rotatable bonds is 14. The molecule has 1 aromatic carbocycles. The largest absolute Gasteiger partial charge is 0.461 e. The Morgan fingerprint density at radius 2 is 1.57 bits per heavy atom. The van der Waals surface area contributed by atoms with Crippen LogP contribution in [0.2, 0.25) is 0 Å². The van der Waals surface area contributed by atoms with Crippen molar-refractivity contribution < 1.29 is 38.3 Å². The molecular weight excluding hydrogens is 524 g/mol. The number of esters is 1. The molecule has 2 atom stereocenters. The van der Waals surface area contributed by atoms with Crippen LogP contribution in [-0.2, 0) is 40.1 Å². The smallest absolute Gasteiger partial charge is 0.312 e. The van der Waals surface area contributed by atoms with E-state index in [4.69, 9.17) is 10.5 Å². The third-order valence-corrected chi connectivity index (χ3v) is 5.73. The Hall–Kier alpha value is -4.75. The molecule has 216 valence electrons. The van der Waals surface area contributed by atoms with E-state index >= 15 is 0 Å². The molecule has 14 nitrogen and oxygen atoms in total. The summed E-state index contributed by atoms with van der Waals surface area (Å²) in [5.74, 6) is -4.02. The van der Waals surface area contributed by atoms with Crippen molar-refractivity contribution in [1.82, 2.24) is 20.9 Å². The van der Waals surface area contributed by atoms with Gasteiger partial charge in [0.25, 0.3) is 11.8 Å². The molecule has 2 rings (SSSR count). The Morgan fingerprint density at radius 1 is 0.950 bits per heavy atom. The van der Waals surface area contributed by atoms with Crippen LogP contribution in [-0.4, -0.2) is 71.6 Å². The number of carbonyl (C=O) groups is 7. The average molecular weight is 559 g/mol. The number of nitrogens with two attached hydrogens (primary N) is 1. The van der Waals surface area contributed by atoms with Crippen LogP contribution in [0, 0.1) is 5.92 Å². The van der Waals surface area contributed by atoms with Crippen LogP contribution in [0.15, 0.2) is 36.4 Å². The predicted octanol–water partition coefficient (Wildman–Crippen LogP) is -0.313. The molecule has 0 bridgehead atoms. The molecule has 0 aliphatic carbocycles. The number of nitrogens with one attached hydrogen (secondary N) is 4. The number of hydrogen-bond acceptors (Lipinski definition) is 8. The summed E-state index contributed by atoms with van der Waals surface area (Å²) in [5.41, 5.74) is 6.21. The fraction of sp³-hybridized carbons (Fsp3) is 0.423. The van der Waals surface area contributed by atoms with Crippen LogP contribution in [0.1, 0.15) is 39.2 Å². The number of carbonyl (C=O) groups excluding carboxylic acids is 7. The predicted molar refractivity (Wildman–Crippen MR) is 142 cm³/mol. The van der Waals surface area contributed by atoms with Crippen molar-refractivity contribution in [1.29, 1.82) is 0 Å². The maximum atomic E-state index is 13.2. The van der Waals surface area contributed by atoms with Gasteiger partial charge in [-0.2, -0.15) is 0 Å². The van der Waals surface area contributed by atoms with Gasteiger partial charge in [-0.25, -0.2) is 4.79 Å². The van der Waals surface area contributed by atoms with Gasteiger partial charge in [-0.1, -0.05) is 26.0 Å².